The third-order valence-electron chi connectivity index (χ3n) is 1.24. The monoisotopic (exact) mass is 245 g/mol. The second kappa shape index (κ2) is 4.16. The summed E-state index contributed by atoms with van der Waals surface area (Å²) in [4.78, 5) is 0.934. The molecule has 0 unspecified atom stereocenters. The van der Waals surface area contributed by atoms with Gasteiger partial charge in [-0.05, 0) is 19.9 Å². The summed E-state index contributed by atoms with van der Waals surface area (Å²) in [5.41, 5.74) is 5.44. The van der Waals surface area contributed by atoms with Gasteiger partial charge in [-0.25, -0.2) is 0 Å². The van der Waals surface area contributed by atoms with E-state index in [-0.39, 0.29) is 12.4 Å². The minimum Gasteiger partial charge on any atom is -0.321 e. The van der Waals surface area contributed by atoms with Gasteiger partial charge in [0.05, 0.1) is 9.36 Å². The van der Waals surface area contributed by atoms with Gasteiger partial charge in [0.25, 0.3) is 0 Å². The van der Waals surface area contributed by atoms with Gasteiger partial charge in [-0.3, -0.25) is 0 Å². The molecule has 1 rings (SSSR count). The molecule has 0 fully saturated rings. The molecule has 70 valence electrons. The lowest BCUT2D eigenvalue weighted by molar-refractivity contribution is 0.567. The van der Waals surface area contributed by atoms with Gasteiger partial charge < -0.3 is 5.73 Å². The number of hydrogen-bond donors (Lipinski definition) is 1. The maximum Gasteiger partial charge on any atom is 0.0947 e. The molecule has 0 amide bonds. The van der Waals surface area contributed by atoms with Gasteiger partial charge >= 0.3 is 0 Å². The molecular formula is C7H10Cl3NS. The minimum absolute atomic E-state index is 0. The Labute approximate surface area is 92.3 Å². The Morgan fingerprint density at radius 1 is 1.42 bits per heavy atom. The fraction of sp³-hybridized carbons (Fsp3) is 0.429. The predicted octanol–water partition coefficient (Wildman–Crippen LogP) is 3.67. The number of halogens is 3. The number of hydrogen-bond acceptors (Lipinski definition) is 2. The van der Waals surface area contributed by atoms with Crippen molar-refractivity contribution in [2.24, 2.45) is 5.73 Å². The molecule has 1 aromatic rings. The standard InChI is InChI=1S/C7H9Cl2NS.ClH/c1-7(2,10)6-4(8)3-5(9)11-6;/h3H,10H2,1-2H3;1H. The average Bonchev–Trinajstić information content (AvgIpc) is 2.08. The zero-order valence-corrected chi connectivity index (χ0v) is 9.87. The first kappa shape index (κ1) is 12.5. The van der Waals surface area contributed by atoms with E-state index < -0.39 is 5.54 Å². The van der Waals surface area contributed by atoms with Crippen molar-refractivity contribution in [3.63, 3.8) is 0 Å². The fourth-order valence-electron chi connectivity index (χ4n) is 0.780. The van der Waals surface area contributed by atoms with Crippen molar-refractivity contribution < 1.29 is 0 Å². The molecule has 0 aliphatic heterocycles. The van der Waals surface area contributed by atoms with E-state index in [9.17, 15) is 0 Å². The van der Waals surface area contributed by atoms with Crippen molar-refractivity contribution >= 4 is 46.9 Å². The zero-order valence-electron chi connectivity index (χ0n) is 6.73. The molecule has 1 aromatic heterocycles. The molecule has 1 heterocycles. The second-order valence-corrected chi connectivity index (χ2v) is 5.04. The molecular weight excluding hydrogens is 237 g/mol. The summed E-state index contributed by atoms with van der Waals surface area (Å²) < 4.78 is 0.684. The second-order valence-electron chi connectivity index (χ2n) is 2.95. The van der Waals surface area contributed by atoms with Crippen LogP contribution in [0.4, 0.5) is 0 Å². The normalized spacial score (nSPS) is 11.1. The van der Waals surface area contributed by atoms with Crippen LogP contribution in [0.5, 0.6) is 0 Å². The van der Waals surface area contributed by atoms with Crippen molar-refractivity contribution in [1.29, 1.82) is 0 Å². The van der Waals surface area contributed by atoms with E-state index in [4.69, 9.17) is 28.9 Å². The van der Waals surface area contributed by atoms with Crippen LogP contribution >= 0.6 is 46.9 Å². The van der Waals surface area contributed by atoms with Crippen LogP contribution in [0.3, 0.4) is 0 Å². The largest absolute Gasteiger partial charge is 0.321 e. The highest BCUT2D eigenvalue weighted by molar-refractivity contribution is 7.16. The van der Waals surface area contributed by atoms with E-state index in [1.165, 1.54) is 11.3 Å². The third-order valence-corrected chi connectivity index (χ3v) is 3.26. The number of nitrogens with two attached hydrogens (primary N) is 1. The Bertz CT molecular complexity index is 264. The smallest absolute Gasteiger partial charge is 0.0947 e. The number of thiophene rings is 1. The first-order valence-corrected chi connectivity index (χ1v) is 4.72. The van der Waals surface area contributed by atoms with E-state index in [2.05, 4.69) is 0 Å². The Hall–Kier alpha value is 0.530. The van der Waals surface area contributed by atoms with Crippen LogP contribution in [0.1, 0.15) is 18.7 Å². The third kappa shape index (κ3) is 2.79. The quantitative estimate of drug-likeness (QED) is 0.804. The summed E-state index contributed by atoms with van der Waals surface area (Å²) in [7, 11) is 0. The van der Waals surface area contributed by atoms with Crippen molar-refractivity contribution in [2.45, 2.75) is 19.4 Å². The van der Waals surface area contributed by atoms with Gasteiger partial charge in [-0.15, -0.1) is 23.7 Å². The maximum absolute atomic E-state index is 5.88. The molecule has 0 spiro atoms. The lowest BCUT2D eigenvalue weighted by atomic mass is 10.1. The summed E-state index contributed by atoms with van der Waals surface area (Å²) in [6.45, 7) is 3.81. The van der Waals surface area contributed by atoms with E-state index in [0.29, 0.717) is 9.36 Å². The van der Waals surface area contributed by atoms with Crippen molar-refractivity contribution in [3.8, 4) is 0 Å². The van der Waals surface area contributed by atoms with Gasteiger partial charge in [-0.2, -0.15) is 0 Å². The predicted molar refractivity (Wildman–Crippen MR) is 58.8 cm³/mol. The van der Waals surface area contributed by atoms with Crippen LogP contribution in [-0.4, -0.2) is 0 Å². The maximum atomic E-state index is 5.88. The van der Waals surface area contributed by atoms with E-state index in [1.807, 2.05) is 13.8 Å². The first-order chi connectivity index (χ1) is 4.91. The topological polar surface area (TPSA) is 26.0 Å². The van der Waals surface area contributed by atoms with Crippen LogP contribution in [0.2, 0.25) is 9.36 Å². The highest BCUT2D eigenvalue weighted by Crippen LogP contribution is 2.36. The molecule has 0 saturated heterocycles. The van der Waals surface area contributed by atoms with Gasteiger partial charge in [0.2, 0.25) is 0 Å². The SMILES string of the molecule is CC(C)(N)c1sc(Cl)cc1Cl.Cl. The molecule has 0 atom stereocenters. The van der Waals surface area contributed by atoms with Gasteiger partial charge in [0, 0.05) is 10.4 Å². The highest BCUT2D eigenvalue weighted by atomic mass is 35.5. The highest BCUT2D eigenvalue weighted by Gasteiger charge is 2.20. The lowest BCUT2D eigenvalue weighted by Crippen LogP contribution is -2.27. The molecule has 0 radical (unpaired) electrons. The molecule has 2 N–H and O–H groups in total. The molecule has 0 bridgehead atoms. The Morgan fingerprint density at radius 3 is 2.08 bits per heavy atom. The summed E-state index contributed by atoms with van der Waals surface area (Å²) in [5, 5.41) is 0.660. The Morgan fingerprint density at radius 2 is 1.92 bits per heavy atom. The zero-order chi connectivity index (χ0) is 8.65. The van der Waals surface area contributed by atoms with Crippen molar-refractivity contribution in [3.05, 3.63) is 20.3 Å². The van der Waals surface area contributed by atoms with Gasteiger partial charge in [0.15, 0.2) is 0 Å². The Kier molecular flexibility index (Phi) is 4.34. The fourth-order valence-corrected chi connectivity index (χ4v) is 2.50. The van der Waals surface area contributed by atoms with Crippen molar-refractivity contribution in [1.82, 2.24) is 0 Å². The van der Waals surface area contributed by atoms with Crippen LogP contribution in [-0.2, 0) is 5.54 Å². The summed E-state index contributed by atoms with van der Waals surface area (Å²) >= 11 is 13.1. The summed E-state index contributed by atoms with van der Waals surface area (Å²) in [6.07, 6.45) is 0. The van der Waals surface area contributed by atoms with Gasteiger partial charge in [-0.1, -0.05) is 23.2 Å². The molecule has 1 nitrogen and oxygen atoms in total. The summed E-state index contributed by atoms with van der Waals surface area (Å²) in [6, 6.07) is 1.72. The molecule has 0 aliphatic rings. The van der Waals surface area contributed by atoms with Crippen LogP contribution < -0.4 is 5.73 Å². The molecule has 12 heavy (non-hydrogen) atoms. The number of rotatable bonds is 1. The van der Waals surface area contributed by atoms with Crippen LogP contribution in [0, 0.1) is 0 Å². The van der Waals surface area contributed by atoms with Crippen LogP contribution in [0.25, 0.3) is 0 Å². The van der Waals surface area contributed by atoms with E-state index >= 15 is 0 Å². The van der Waals surface area contributed by atoms with Crippen molar-refractivity contribution in [2.75, 3.05) is 0 Å². The lowest BCUT2D eigenvalue weighted by Gasteiger charge is -2.16. The average molecular weight is 247 g/mol. The molecule has 0 aliphatic carbocycles. The molecule has 0 saturated carbocycles. The van der Waals surface area contributed by atoms with E-state index in [0.717, 1.165) is 4.88 Å². The minimum atomic E-state index is -0.394. The van der Waals surface area contributed by atoms with E-state index in [1.54, 1.807) is 6.07 Å². The molecule has 0 aromatic carbocycles. The van der Waals surface area contributed by atoms with Gasteiger partial charge in [0.1, 0.15) is 0 Å². The summed E-state index contributed by atoms with van der Waals surface area (Å²) in [5.74, 6) is 0. The first-order valence-electron chi connectivity index (χ1n) is 3.15. The molecule has 5 heteroatoms. The Balaban J connectivity index is 0.00000121. The van der Waals surface area contributed by atoms with Crippen LogP contribution in [0.15, 0.2) is 6.07 Å².